The zero-order valence-electron chi connectivity index (χ0n) is 13.9. The van der Waals surface area contributed by atoms with Gasteiger partial charge in [0.2, 0.25) is 11.8 Å². The molecule has 0 unspecified atom stereocenters. The summed E-state index contributed by atoms with van der Waals surface area (Å²) >= 11 is 0. The van der Waals surface area contributed by atoms with Gasteiger partial charge in [-0.25, -0.2) is 0 Å². The number of carboxylic acids is 1. The number of likely N-dealkylation sites (N-methyl/N-ethyl adjacent to an activating group) is 1. The maximum atomic E-state index is 12.3. The number of rotatable bonds is 6. The molecule has 1 saturated carbocycles. The summed E-state index contributed by atoms with van der Waals surface area (Å²) in [6.45, 7) is 0.927. The maximum absolute atomic E-state index is 12.3. The average molecular weight is 326 g/mol. The Labute approximate surface area is 136 Å². The molecule has 7 nitrogen and oxygen atoms in total. The van der Waals surface area contributed by atoms with Gasteiger partial charge in [0, 0.05) is 27.2 Å². The van der Waals surface area contributed by atoms with Gasteiger partial charge in [0.15, 0.2) is 0 Å². The molecule has 130 valence electrons. The molecule has 1 heterocycles. The predicted octanol–water partition coefficient (Wildman–Crippen LogP) is 0.727. The predicted molar refractivity (Wildman–Crippen MR) is 82.8 cm³/mol. The Hall–Kier alpha value is -1.63. The second-order valence-electron chi connectivity index (χ2n) is 6.66. The highest BCUT2D eigenvalue weighted by Gasteiger charge is 2.40. The van der Waals surface area contributed by atoms with Crippen molar-refractivity contribution in [3.63, 3.8) is 0 Å². The van der Waals surface area contributed by atoms with Crippen LogP contribution in [0.5, 0.6) is 0 Å². The van der Waals surface area contributed by atoms with Crippen LogP contribution in [0.1, 0.15) is 38.5 Å². The molecule has 1 saturated heterocycles. The number of methoxy groups -OCH3 is 1. The van der Waals surface area contributed by atoms with Gasteiger partial charge in [-0.05, 0) is 32.1 Å². The van der Waals surface area contributed by atoms with Crippen molar-refractivity contribution >= 4 is 17.8 Å². The van der Waals surface area contributed by atoms with Crippen LogP contribution in [0.4, 0.5) is 0 Å². The van der Waals surface area contributed by atoms with Crippen LogP contribution in [0.25, 0.3) is 0 Å². The Balaban J connectivity index is 1.78. The van der Waals surface area contributed by atoms with Crippen molar-refractivity contribution in [3.8, 4) is 0 Å². The summed E-state index contributed by atoms with van der Waals surface area (Å²) in [5.41, 5.74) is -0.339. The highest BCUT2D eigenvalue weighted by atomic mass is 16.5. The molecule has 2 amide bonds. The zero-order chi connectivity index (χ0) is 17.0. The molecule has 0 aromatic carbocycles. The van der Waals surface area contributed by atoms with E-state index < -0.39 is 5.97 Å². The summed E-state index contributed by atoms with van der Waals surface area (Å²) in [6, 6.07) is 0. The fourth-order valence-corrected chi connectivity index (χ4v) is 3.20. The number of likely N-dealkylation sites (tertiary alicyclic amines) is 1. The first-order chi connectivity index (χ1) is 10.9. The van der Waals surface area contributed by atoms with Crippen molar-refractivity contribution in [2.75, 3.05) is 33.8 Å². The number of nitrogens with zero attached hydrogens (tertiary/aromatic N) is 2. The minimum absolute atomic E-state index is 0.0381. The Morgan fingerprint density at radius 2 is 1.87 bits per heavy atom. The fourth-order valence-electron chi connectivity index (χ4n) is 3.20. The quantitative estimate of drug-likeness (QED) is 0.777. The van der Waals surface area contributed by atoms with E-state index in [1.807, 2.05) is 0 Å². The molecule has 2 rings (SSSR count). The third kappa shape index (κ3) is 4.22. The number of hydrogen-bond acceptors (Lipinski definition) is 4. The van der Waals surface area contributed by atoms with E-state index in [1.165, 1.54) is 4.90 Å². The van der Waals surface area contributed by atoms with E-state index in [1.54, 1.807) is 19.1 Å². The number of hydrogen-bond donors (Lipinski definition) is 1. The van der Waals surface area contributed by atoms with Crippen molar-refractivity contribution < 1.29 is 24.2 Å². The van der Waals surface area contributed by atoms with Crippen LogP contribution in [0.3, 0.4) is 0 Å². The normalized spacial score (nSPS) is 20.7. The molecule has 0 radical (unpaired) electrons. The highest BCUT2D eigenvalue weighted by Crippen LogP contribution is 2.38. The lowest BCUT2D eigenvalue weighted by molar-refractivity contribution is -0.149. The first kappa shape index (κ1) is 17.7. The van der Waals surface area contributed by atoms with Crippen LogP contribution in [0, 0.1) is 5.92 Å². The molecule has 0 aromatic heterocycles. The SMILES string of the molecule is COC1(CC(=O)N(C)CC(=O)N2CCC(C(=O)O)CC2)CCC1. The topological polar surface area (TPSA) is 87.2 Å². The lowest BCUT2D eigenvalue weighted by Crippen LogP contribution is -2.48. The van der Waals surface area contributed by atoms with Crippen LogP contribution in [0.15, 0.2) is 0 Å². The van der Waals surface area contributed by atoms with Crippen molar-refractivity contribution in [1.29, 1.82) is 0 Å². The molecular formula is C16H26N2O5. The molecule has 0 aromatic rings. The standard InChI is InChI=1S/C16H26N2O5/c1-17(13(19)10-16(23-2)6-3-7-16)11-14(20)18-8-4-12(5-9-18)15(21)22/h12H,3-11H2,1-2H3,(H,21,22). The van der Waals surface area contributed by atoms with Crippen LogP contribution in [0.2, 0.25) is 0 Å². The van der Waals surface area contributed by atoms with E-state index in [-0.39, 0.29) is 29.9 Å². The summed E-state index contributed by atoms with van der Waals surface area (Å²) < 4.78 is 5.45. The highest BCUT2D eigenvalue weighted by molar-refractivity contribution is 5.85. The molecule has 1 aliphatic heterocycles. The lowest BCUT2D eigenvalue weighted by Gasteiger charge is -2.40. The molecule has 1 N–H and O–H groups in total. The minimum atomic E-state index is -0.797. The number of carbonyl (C=O) groups excluding carboxylic acids is 2. The molecule has 2 aliphatic rings. The summed E-state index contributed by atoms with van der Waals surface area (Å²) in [6.07, 6.45) is 4.12. The van der Waals surface area contributed by atoms with Crippen LogP contribution in [-0.4, -0.2) is 72.1 Å². The summed E-state index contributed by atoms with van der Waals surface area (Å²) in [7, 11) is 3.26. The Bertz CT molecular complexity index is 462. The third-order valence-corrected chi connectivity index (χ3v) is 5.17. The number of amides is 2. The van der Waals surface area contributed by atoms with Gasteiger partial charge in [0.1, 0.15) is 0 Å². The Kier molecular flexibility index (Phi) is 5.62. The first-order valence-electron chi connectivity index (χ1n) is 8.16. The van der Waals surface area contributed by atoms with Gasteiger partial charge >= 0.3 is 5.97 Å². The number of aliphatic carboxylic acids is 1. The fraction of sp³-hybridized carbons (Fsp3) is 0.812. The molecule has 23 heavy (non-hydrogen) atoms. The monoisotopic (exact) mass is 326 g/mol. The van der Waals surface area contributed by atoms with Crippen molar-refractivity contribution in [2.24, 2.45) is 5.92 Å². The second kappa shape index (κ2) is 7.29. The van der Waals surface area contributed by atoms with E-state index in [4.69, 9.17) is 9.84 Å². The summed E-state index contributed by atoms with van der Waals surface area (Å²) in [4.78, 5) is 38.6. The number of carboxylic acid groups (broad SMARTS) is 1. The molecule has 0 spiro atoms. The number of carbonyl (C=O) groups is 3. The molecule has 0 bridgehead atoms. The molecule has 2 fully saturated rings. The zero-order valence-corrected chi connectivity index (χ0v) is 13.9. The first-order valence-corrected chi connectivity index (χ1v) is 8.16. The Morgan fingerprint density at radius 3 is 2.30 bits per heavy atom. The van der Waals surface area contributed by atoms with Gasteiger partial charge in [0.25, 0.3) is 0 Å². The van der Waals surface area contributed by atoms with Gasteiger partial charge < -0.3 is 19.6 Å². The smallest absolute Gasteiger partial charge is 0.306 e. The van der Waals surface area contributed by atoms with E-state index in [9.17, 15) is 14.4 Å². The number of piperidine rings is 1. The van der Waals surface area contributed by atoms with E-state index >= 15 is 0 Å². The average Bonchev–Trinajstić information content (AvgIpc) is 2.50. The van der Waals surface area contributed by atoms with Crippen molar-refractivity contribution in [2.45, 2.75) is 44.1 Å². The van der Waals surface area contributed by atoms with Crippen LogP contribution >= 0.6 is 0 Å². The number of ether oxygens (including phenoxy) is 1. The van der Waals surface area contributed by atoms with Crippen molar-refractivity contribution in [3.05, 3.63) is 0 Å². The van der Waals surface area contributed by atoms with E-state index in [0.717, 1.165) is 19.3 Å². The summed E-state index contributed by atoms with van der Waals surface area (Å²) in [5.74, 6) is -1.36. The van der Waals surface area contributed by atoms with Gasteiger partial charge in [0.05, 0.1) is 24.5 Å². The lowest BCUT2D eigenvalue weighted by atomic mass is 9.77. The largest absolute Gasteiger partial charge is 0.481 e. The van der Waals surface area contributed by atoms with Gasteiger partial charge in [-0.2, -0.15) is 0 Å². The third-order valence-electron chi connectivity index (χ3n) is 5.17. The van der Waals surface area contributed by atoms with Gasteiger partial charge in [-0.1, -0.05) is 0 Å². The van der Waals surface area contributed by atoms with Gasteiger partial charge in [-0.3, -0.25) is 14.4 Å². The van der Waals surface area contributed by atoms with Crippen molar-refractivity contribution in [1.82, 2.24) is 9.80 Å². The maximum Gasteiger partial charge on any atom is 0.306 e. The Morgan fingerprint density at radius 1 is 1.26 bits per heavy atom. The van der Waals surface area contributed by atoms with E-state index in [0.29, 0.717) is 32.4 Å². The molecular weight excluding hydrogens is 300 g/mol. The minimum Gasteiger partial charge on any atom is -0.481 e. The molecule has 1 aliphatic carbocycles. The summed E-state index contributed by atoms with van der Waals surface area (Å²) in [5, 5.41) is 8.97. The molecule has 7 heteroatoms. The van der Waals surface area contributed by atoms with E-state index in [2.05, 4.69) is 0 Å². The van der Waals surface area contributed by atoms with Crippen LogP contribution < -0.4 is 0 Å². The second-order valence-corrected chi connectivity index (χ2v) is 6.66. The van der Waals surface area contributed by atoms with Crippen LogP contribution in [-0.2, 0) is 19.1 Å². The molecule has 0 atom stereocenters. The van der Waals surface area contributed by atoms with Gasteiger partial charge in [-0.15, -0.1) is 0 Å².